The summed E-state index contributed by atoms with van der Waals surface area (Å²) in [6.45, 7) is 3.22. The van der Waals surface area contributed by atoms with Crippen LogP contribution in [0.3, 0.4) is 0 Å². The Morgan fingerprint density at radius 2 is 1.88 bits per heavy atom. The molecule has 3 aliphatic rings. The van der Waals surface area contributed by atoms with Crippen LogP contribution in [0.1, 0.15) is 25.5 Å². The summed E-state index contributed by atoms with van der Waals surface area (Å²) in [5, 5.41) is 38.1. The SMILES string of the molecule is COc1cccc([C@@H]2O[C@@]3(C)OC(=N)[C@@]2(C#N)C(C#N)(C#N)[C@@H]3C)c1. The number of nitrogens with one attached hydrogen (secondary N) is 1. The fourth-order valence-electron chi connectivity index (χ4n) is 3.77. The second kappa shape index (κ2) is 5.21. The highest BCUT2D eigenvalue weighted by Crippen LogP contribution is 2.66. The monoisotopic (exact) mass is 336 g/mol. The molecule has 0 saturated carbocycles. The summed E-state index contributed by atoms with van der Waals surface area (Å²) in [7, 11) is 1.51. The minimum Gasteiger partial charge on any atom is -0.497 e. The molecule has 3 heterocycles. The molecule has 4 atom stereocenters. The fraction of sp³-hybridized carbons (Fsp3) is 0.444. The largest absolute Gasteiger partial charge is 0.497 e. The van der Waals surface area contributed by atoms with Crippen LogP contribution in [-0.2, 0) is 9.47 Å². The molecule has 0 radical (unpaired) electrons. The molecule has 0 unspecified atom stereocenters. The van der Waals surface area contributed by atoms with Crippen molar-refractivity contribution in [3.8, 4) is 24.0 Å². The number of rotatable bonds is 2. The molecule has 0 aliphatic carbocycles. The zero-order chi connectivity index (χ0) is 18.5. The molecule has 126 valence electrons. The Labute approximate surface area is 145 Å². The normalized spacial score (nSPS) is 35.0. The Balaban J connectivity index is 2.32. The Kier molecular flexibility index (Phi) is 3.49. The first-order chi connectivity index (χ1) is 11.8. The summed E-state index contributed by atoms with van der Waals surface area (Å²) < 4.78 is 16.8. The van der Waals surface area contributed by atoms with E-state index in [-0.39, 0.29) is 0 Å². The van der Waals surface area contributed by atoms with Crippen LogP contribution in [0.25, 0.3) is 0 Å². The molecule has 0 spiro atoms. The molecule has 4 rings (SSSR count). The van der Waals surface area contributed by atoms with E-state index in [9.17, 15) is 15.8 Å². The van der Waals surface area contributed by atoms with Crippen molar-refractivity contribution in [1.29, 1.82) is 21.2 Å². The Hall–Kier alpha value is -3.08. The molecular formula is C18H16N4O3. The van der Waals surface area contributed by atoms with Crippen LogP contribution in [0.15, 0.2) is 24.3 Å². The van der Waals surface area contributed by atoms with E-state index in [4.69, 9.17) is 19.6 Å². The minimum absolute atomic E-state index is 0.419. The summed E-state index contributed by atoms with van der Waals surface area (Å²) >= 11 is 0. The van der Waals surface area contributed by atoms with Crippen molar-refractivity contribution in [2.24, 2.45) is 16.7 Å². The summed E-state index contributed by atoms with van der Waals surface area (Å²) in [4.78, 5) is 0. The van der Waals surface area contributed by atoms with Crippen LogP contribution in [-0.4, -0.2) is 18.8 Å². The van der Waals surface area contributed by atoms with Crippen LogP contribution < -0.4 is 4.74 Å². The van der Waals surface area contributed by atoms with Gasteiger partial charge in [-0.3, -0.25) is 5.41 Å². The van der Waals surface area contributed by atoms with E-state index in [0.29, 0.717) is 11.3 Å². The van der Waals surface area contributed by atoms with Gasteiger partial charge >= 0.3 is 0 Å². The lowest BCUT2D eigenvalue weighted by Gasteiger charge is -2.60. The molecule has 3 saturated heterocycles. The second-order valence-corrected chi connectivity index (χ2v) is 6.39. The van der Waals surface area contributed by atoms with Gasteiger partial charge in [-0.2, -0.15) is 15.8 Å². The van der Waals surface area contributed by atoms with Gasteiger partial charge in [-0.25, -0.2) is 0 Å². The number of nitriles is 3. The van der Waals surface area contributed by atoms with Crippen molar-refractivity contribution >= 4 is 5.90 Å². The zero-order valence-corrected chi connectivity index (χ0v) is 14.0. The van der Waals surface area contributed by atoms with Gasteiger partial charge in [0, 0.05) is 6.92 Å². The molecule has 2 bridgehead atoms. The number of hydrogen-bond acceptors (Lipinski definition) is 7. The van der Waals surface area contributed by atoms with Gasteiger partial charge in [0.05, 0.1) is 31.2 Å². The van der Waals surface area contributed by atoms with Crippen molar-refractivity contribution in [3.63, 3.8) is 0 Å². The molecule has 1 N–H and O–H groups in total. The van der Waals surface area contributed by atoms with Gasteiger partial charge in [0.1, 0.15) is 11.9 Å². The van der Waals surface area contributed by atoms with Gasteiger partial charge in [0.25, 0.3) is 0 Å². The zero-order valence-electron chi connectivity index (χ0n) is 14.0. The summed E-state index contributed by atoms with van der Waals surface area (Å²) in [5.41, 5.74) is -3.11. The lowest BCUT2D eigenvalue weighted by atomic mass is 9.51. The number of ether oxygens (including phenoxy) is 3. The molecule has 7 nitrogen and oxygen atoms in total. The molecule has 7 heteroatoms. The quantitative estimate of drug-likeness (QED) is 0.885. The highest BCUT2D eigenvalue weighted by atomic mass is 16.7. The third-order valence-corrected chi connectivity index (χ3v) is 5.39. The van der Waals surface area contributed by atoms with E-state index in [1.54, 1.807) is 38.1 Å². The molecule has 25 heavy (non-hydrogen) atoms. The average molecular weight is 336 g/mol. The number of hydrogen-bond donors (Lipinski definition) is 1. The maximum atomic E-state index is 10.0. The third kappa shape index (κ3) is 1.78. The Morgan fingerprint density at radius 1 is 1.20 bits per heavy atom. The van der Waals surface area contributed by atoms with Crippen molar-refractivity contribution < 1.29 is 14.2 Å². The summed E-state index contributed by atoms with van der Waals surface area (Å²) in [6.07, 6.45) is -1.01. The first kappa shape index (κ1) is 16.8. The van der Waals surface area contributed by atoms with E-state index in [0.717, 1.165) is 0 Å². The molecule has 1 aromatic rings. The van der Waals surface area contributed by atoms with E-state index in [2.05, 4.69) is 0 Å². The standard InChI is InChI=1S/C18H16N4O3/c1-11-16(2)24-14(12-5-4-6-13(7-12)23-3)18(10-21,15(22)25-16)17(11,8-19)9-20/h4-7,11,14,22H,1-3H3/t11-,14+,16+,18+/m1/s1. The van der Waals surface area contributed by atoms with Crippen LogP contribution in [0.5, 0.6) is 5.75 Å². The predicted octanol–water partition coefficient (Wildman–Crippen LogP) is 2.67. The second-order valence-electron chi connectivity index (χ2n) is 6.39. The summed E-state index contributed by atoms with van der Waals surface area (Å²) in [6, 6.07) is 12.9. The summed E-state index contributed by atoms with van der Waals surface area (Å²) in [5.74, 6) is -1.97. The van der Waals surface area contributed by atoms with Gasteiger partial charge in [-0.15, -0.1) is 0 Å². The van der Waals surface area contributed by atoms with Crippen molar-refractivity contribution in [2.45, 2.75) is 25.7 Å². The smallest absolute Gasteiger partial charge is 0.215 e. The molecule has 1 aromatic carbocycles. The Morgan fingerprint density at radius 3 is 2.44 bits per heavy atom. The van der Waals surface area contributed by atoms with Gasteiger partial charge in [0.2, 0.25) is 11.7 Å². The number of nitrogens with zero attached hydrogens (tertiary/aromatic N) is 3. The van der Waals surface area contributed by atoms with E-state index in [1.165, 1.54) is 7.11 Å². The third-order valence-electron chi connectivity index (χ3n) is 5.39. The molecule has 0 aromatic heterocycles. The predicted molar refractivity (Wildman–Crippen MR) is 84.9 cm³/mol. The van der Waals surface area contributed by atoms with E-state index in [1.807, 2.05) is 18.2 Å². The van der Waals surface area contributed by atoms with Crippen molar-refractivity contribution in [1.82, 2.24) is 0 Å². The van der Waals surface area contributed by atoms with Gasteiger partial charge in [-0.1, -0.05) is 19.1 Å². The topological polar surface area (TPSA) is 123 Å². The molecule has 3 fully saturated rings. The van der Waals surface area contributed by atoms with Crippen molar-refractivity contribution in [2.75, 3.05) is 7.11 Å². The highest BCUT2D eigenvalue weighted by molar-refractivity contribution is 5.88. The maximum Gasteiger partial charge on any atom is 0.215 e. The van der Waals surface area contributed by atoms with Crippen LogP contribution in [0.2, 0.25) is 0 Å². The fourth-order valence-corrected chi connectivity index (χ4v) is 3.77. The molecule has 0 amide bonds. The lowest BCUT2D eigenvalue weighted by molar-refractivity contribution is -0.338. The Bertz CT molecular complexity index is 864. The molecular weight excluding hydrogens is 320 g/mol. The number of fused-ring (bicyclic) bond motifs is 3. The van der Waals surface area contributed by atoms with Gasteiger partial charge in [0.15, 0.2) is 10.8 Å². The van der Waals surface area contributed by atoms with Crippen molar-refractivity contribution in [3.05, 3.63) is 29.8 Å². The first-order valence-corrected chi connectivity index (χ1v) is 7.68. The number of benzene rings is 1. The first-order valence-electron chi connectivity index (χ1n) is 7.68. The van der Waals surface area contributed by atoms with Gasteiger partial charge < -0.3 is 14.2 Å². The average Bonchev–Trinajstić information content (AvgIpc) is 2.63. The van der Waals surface area contributed by atoms with E-state index >= 15 is 0 Å². The maximum absolute atomic E-state index is 10.0. The van der Waals surface area contributed by atoms with Crippen LogP contribution in [0.4, 0.5) is 0 Å². The van der Waals surface area contributed by atoms with E-state index < -0.39 is 34.5 Å². The molecule has 3 aliphatic heterocycles. The van der Waals surface area contributed by atoms with Crippen LogP contribution in [0, 0.1) is 56.2 Å². The van der Waals surface area contributed by atoms with Crippen LogP contribution >= 0.6 is 0 Å². The number of methoxy groups -OCH3 is 1. The lowest BCUT2D eigenvalue weighted by Crippen LogP contribution is -2.71. The highest BCUT2D eigenvalue weighted by Gasteiger charge is 2.78. The minimum atomic E-state index is -1.87. The van der Waals surface area contributed by atoms with Gasteiger partial charge in [-0.05, 0) is 17.7 Å².